The fourth-order valence-corrected chi connectivity index (χ4v) is 3.13. The van der Waals surface area contributed by atoms with Crippen molar-refractivity contribution in [3.63, 3.8) is 0 Å². The number of aliphatic imine (C=N–C) groups is 1. The molecule has 0 fully saturated rings. The van der Waals surface area contributed by atoms with Gasteiger partial charge in [0.25, 0.3) is 0 Å². The van der Waals surface area contributed by atoms with Gasteiger partial charge in [0.1, 0.15) is 0 Å². The van der Waals surface area contributed by atoms with Crippen LogP contribution in [0.1, 0.15) is 11.1 Å². The first kappa shape index (κ1) is 18.1. The topological polar surface area (TPSA) is 89.0 Å². The summed E-state index contributed by atoms with van der Waals surface area (Å²) in [5, 5.41) is 6.43. The van der Waals surface area contributed by atoms with Crippen LogP contribution in [0.15, 0.2) is 52.4 Å². The molecule has 0 amide bonds. The Balaban J connectivity index is 1.53. The highest BCUT2D eigenvalue weighted by atomic mass is 32.2. The summed E-state index contributed by atoms with van der Waals surface area (Å²) < 4.78 is 33.6. The van der Waals surface area contributed by atoms with E-state index in [9.17, 15) is 8.42 Å². The van der Waals surface area contributed by atoms with E-state index in [1.165, 1.54) is 6.26 Å². The maximum Gasteiger partial charge on any atom is 0.231 e. The first-order valence-electron chi connectivity index (χ1n) is 8.08. The van der Waals surface area contributed by atoms with Crippen LogP contribution >= 0.6 is 0 Å². The van der Waals surface area contributed by atoms with E-state index in [1.54, 1.807) is 31.3 Å². The molecule has 0 atom stereocenters. The molecule has 1 aliphatic heterocycles. The van der Waals surface area contributed by atoms with Gasteiger partial charge >= 0.3 is 0 Å². The number of sulfone groups is 1. The summed E-state index contributed by atoms with van der Waals surface area (Å²) in [6.45, 7) is 1.38. The average Bonchev–Trinajstić information content (AvgIpc) is 3.09. The van der Waals surface area contributed by atoms with Crippen molar-refractivity contribution in [1.82, 2.24) is 10.6 Å². The van der Waals surface area contributed by atoms with Crippen LogP contribution in [0.25, 0.3) is 0 Å². The van der Waals surface area contributed by atoms with Gasteiger partial charge in [0.05, 0.1) is 4.90 Å². The molecule has 3 rings (SSSR count). The van der Waals surface area contributed by atoms with Crippen molar-refractivity contribution >= 4 is 15.8 Å². The quantitative estimate of drug-likeness (QED) is 0.611. The van der Waals surface area contributed by atoms with Gasteiger partial charge in [0, 0.05) is 26.4 Å². The Labute approximate surface area is 153 Å². The molecule has 1 aliphatic rings. The number of hydrogen-bond acceptors (Lipinski definition) is 5. The first-order valence-corrected chi connectivity index (χ1v) is 9.97. The second kappa shape index (κ2) is 7.65. The predicted molar refractivity (Wildman–Crippen MR) is 99.2 cm³/mol. The summed E-state index contributed by atoms with van der Waals surface area (Å²) >= 11 is 0. The van der Waals surface area contributed by atoms with E-state index in [1.807, 2.05) is 18.2 Å². The normalized spacial score (nSPS) is 13.5. The number of nitrogens with one attached hydrogen (secondary N) is 2. The molecule has 2 aromatic rings. The van der Waals surface area contributed by atoms with Crippen LogP contribution in [-0.2, 0) is 22.9 Å². The van der Waals surface area contributed by atoms with Gasteiger partial charge in [-0.15, -0.1) is 0 Å². The van der Waals surface area contributed by atoms with Crippen LogP contribution in [0.2, 0.25) is 0 Å². The smallest absolute Gasteiger partial charge is 0.231 e. The van der Waals surface area contributed by atoms with Crippen molar-refractivity contribution < 1.29 is 17.9 Å². The average molecular weight is 375 g/mol. The summed E-state index contributed by atoms with van der Waals surface area (Å²) in [7, 11) is -1.48. The van der Waals surface area contributed by atoms with Gasteiger partial charge in [-0.25, -0.2) is 8.42 Å². The number of benzene rings is 2. The molecule has 0 spiro atoms. The van der Waals surface area contributed by atoms with Crippen LogP contribution in [0.3, 0.4) is 0 Å². The number of nitrogens with zero attached hydrogens (tertiary/aromatic N) is 1. The van der Waals surface area contributed by atoms with E-state index < -0.39 is 9.84 Å². The lowest BCUT2D eigenvalue weighted by Gasteiger charge is -2.12. The molecule has 2 N–H and O–H groups in total. The number of hydrogen-bond donors (Lipinski definition) is 2. The van der Waals surface area contributed by atoms with Gasteiger partial charge in [0.15, 0.2) is 27.3 Å². The van der Waals surface area contributed by atoms with Crippen LogP contribution < -0.4 is 20.1 Å². The predicted octanol–water partition coefficient (Wildman–Crippen LogP) is 1.68. The summed E-state index contributed by atoms with van der Waals surface area (Å²) in [5.41, 5.74) is 2.01. The Morgan fingerprint density at radius 3 is 2.27 bits per heavy atom. The van der Waals surface area contributed by atoms with Gasteiger partial charge in [-0.3, -0.25) is 4.99 Å². The standard InChI is InChI=1S/C18H21N3O4S/c1-19-18(20-10-13-3-6-15(7-4-13)26(2,22)23)21-11-14-5-8-16-17(9-14)25-12-24-16/h3-9H,10-12H2,1-2H3,(H2,19,20,21). The zero-order valence-electron chi connectivity index (χ0n) is 14.7. The summed E-state index contributed by atoms with van der Waals surface area (Å²) in [6, 6.07) is 12.6. The first-order chi connectivity index (χ1) is 12.5. The van der Waals surface area contributed by atoms with Gasteiger partial charge in [-0.2, -0.15) is 0 Å². The minimum Gasteiger partial charge on any atom is -0.454 e. The minimum atomic E-state index is -3.17. The van der Waals surface area contributed by atoms with Gasteiger partial charge in [0.2, 0.25) is 6.79 Å². The van der Waals surface area contributed by atoms with Crippen molar-refractivity contribution in [3.05, 3.63) is 53.6 Å². The molecule has 0 radical (unpaired) electrons. The molecule has 1 heterocycles. The molecular weight excluding hydrogens is 354 g/mol. The third kappa shape index (κ3) is 4.45. The monoisotopic (exact) mass is 375 g/mol. The number of fused-ring (bicyclic) bond motifs is 1. The zero-order chi connectivity index (χ0) is 18.6. The molecule has 0 unspecified atom stereocenters. The lowest BCUT2D eigenvalue weighted by Crippen LogP contribution is -2.36. The number of rotatable bonds is 5. The Kier molecular flexibility index (Phi) is 5.32. The zero-order valence-corrected chi connectivity index (χ0v) is 15.5. The Bertz CT molecular complexity index is 909. The number of ether oxygens (including phenoxy) is 2. The lowest BCUT2D eigenvalue weighted by molar-refractivity contribution is 0.174. The molecule has 138 valence electrons. The van der Waals surface area contributed by atoms with E-state index in [2.05, 4.69) is 15.6 Å². The highest BCUT2D eigenvalue weighted by Crippen LogP contribution is 2.32. The Morgan fingerprint density at radius 1 is 1.00 bits per heavy atom. The van der Waals surface area contributed by atoms with E-state index in [-0.39, 0.29) is 6.79 Å². The molecule has 0 aliphatic carbocycles. The van der Waals surface area contributed by atoms with Gasteiger partial charge in [-0.05, 0) is 35.4 Å². The van der Waals surface area contributed by atoms with E-state index >= 15 is 0 Å². The summed E-state index contributed by atoms with van der Waals surface area (Å²) in [6.07, 6.45) is 1.20. The van der Waals surface area contributed by atoms with Crippen molar-refractivity contribution in [2.24, 2.45) is 4.99 Å². The maximum absolute atomic E-state index is 11.5. The fourth-order valence-electron chi connectivity index (χ4n) is 2.50. The highest BCUT2D eigenvalue weighted by molar-refractivity contribution is 7.90. The van der Waals surface area contributed by atoms with Crippen molar-refractivity contribution in [1.29, 1.82) is 0 Å². The molecule has 0 saturated carbocycles. The van der Waals surface area contributed by atoms with Gasteiger partial charge < -0.3 is 20.1 Å². The Morgan fingerprint density at radius 2 is 1.62 bits per heavy atom. The molecule has 2 aromatic carbocycles. The van der Waals surface area contributed by atoms with Crippen molar-refractivity contribution in [2.75, 3.05) is 20.1 Å². The number of guanidine groups is 1. The third-order valence-corrected chi connectivity index (χ3v) is 5.06. The minimum absolute atomic E-state index is 0.258. The second-order valence-electron chi connectivity index (χ2n) is 5.88. The molecule has 8 heteroatoms. The Hall–Kier alpha value is -2.74. The SMILES string of the molecule is CN=C(NCc1ccc(S(C)(=O)=O)cc1)NCc1ccc2c(c1)OCO2. The lowest BCUT2D eigenvalue weighted by atomic mass is 10.2. The molecular formula is C18H21N3O4S. The van der Waals surface area contributed by atoms with Crippen LogP contribution in [0, 0.1) is 0 Å². The van der Waals surface area contributed by atoms with E-state index in [0.717, 1.165) is 22.6 Å². The molecule has 0 aromatic heterocycles. The summed E-state index contributed by atoms with van der Waals surface area (Å²) in [4.78, 5) is 4.50. The molecule has 0 bridgehead atoms. The highest BCUT2D eigenvalue weighted by Gasteiger charge is 2.13. The second-order valence-corrected chi connectivity index (χ2v) is 7.90. The fraction of sp³-hybridized carbons (Fsp3) is 0.278. The largest absolute Gasteiger partial charge is 0.454 e. The third-order valence-electron chi connectivity index (χ3n) is 3.93. The van der Waals surface area contributed by atoms with E-state index in [4.69, 9.17) is 9.47 Å². The summed E-state index contributed by atoms with van der Waals surface area (Å²) in [5.74, 6) is 2.15. The molecule has 0 saturated heterocycles. The van der Waals surface area contributed by atoms with Gasteiger partial charge in [-0.1, -0.05) is 18.2 Å². The maximum atomic E-state index is 11.5. The van der Waals surface area contributed by atoms with Crippen LogP contribution in [0.5, 0.6) is 11.5 Å². The van der Waals surface area contributed by atoms with Crippen molar-refractivity contribution in [3.8, 4) is 11.5 Å². The molecule has 7 nitrogen and oxygen atoms in total. The van der Waals surface area contributed by atoms with Crippen LogP contribution in [0.4, 0.5) is 0 Å². The van der Waals surface area contributed by atoms with Crippen LogP contribution in [-0.4, -0.2) is 34.5 Å². The van der Waals surface area contributed by atoms with Crippen molar-refractivity contribution in [2.45, 2.75) is 18.0 Å². The van der Waals surface area contributed by atoms with E-state index in [0.29, 0.717) is 23.9 Å². The molecule has 26 heavy (non-hydrogen) atoms.